The third-order valence-electron chi connectivity index (χ3n) is 5.70. The van der Waals surface area contributed by atoms with Gasteiger partial charge in [0.2, 0.25) is 5.91 Å². The predicted molar refractivity (Wildman–Crippen MR) is 85.5 cm³/mol. The van der Waals surface area contributed by atoms with E-state index in [1.807, 2.05) is 0 Å². The van der Waals surface area contributed by atoms with Crippen LogP contribution >= 0.6 is 0 Å². The van der Waals surface area contributed by atoms with Crippen molar-refractivity contribution in [2.45, 2.75) is 57.5 Å². The molecule has 4 rings (SSSR count). The van der Waals surface area contributed by atoms with Crippen molar-refractivity contribution in [2.75, 3.05) is 13.2 Å². The molecule has 0 saturated heterocycles. The molecule has 5 nitrogen and oxygen atoms in total. The Labute approximate surface area is 137 Å². The predicted octanol–water partition coefficient (Wildman–Crippen LogP) is 1.94. The number of aliphatic hydroxyl groups is 1. The van der Waals surface area contributed by atoms with Crippen LogP contribution in [-0.2, 0) is 14.3 Å². The molecule has 0 aromatic carbocycles. The summed E-state index contributed by atoms with van der Waals surface area (Å²) in [5.74, 6) is 0.697. The maximum Gasteiger partial charge on any atom is 0.333 e. The Bertz CT molecular complexity index is 513. The summed E-state index contributed by atoms with van der Waals surface area (Å²) < 4.78 is 5.02. The van der Waals surface area contributed by atoms with Gasteiger partial charge in [-0.25, -0.2) is 4.79 Å². The van der Waals surface area contributed by atoms with Gasteiger partial charge in [-0.1, -0.05) is 6.58 Å². The topological polar surface area (TPSA) is 75.6 Å². The van der Waals surface area contributed by atoms with Gasteiger partial charge in [0.15, 0.2) is 0 Å². The van der Waals surface area contributed by atoms with Crippen LogP contribution in [0, 0.1) is 17.3 Å². The van der Waals surface area contributed by atoms with E-state index in [9.17, 15) is 14.7 Å². The normalized spacial score (nSPS) is 37.5. The lowest BCUT2D eigenvalue weighted by Gasteiger charge is -2.59. The molecule has 23 heavy (non-hydrogen) atoms. The first-order chi connectivity index (χ1) is 10.8. The van der Waals surface area contributed by atoms with Gasteiger partial charge in [-0.05, 0) is 63.7 Å². The summed E-state index contributed by atoms with van der Waals surface area (Å²) >= 11 is 0. The van der Waals surface area contributed by atoms with Crippen LogP contribution in [0.3, 0.4) is 0 Å². The van der Waals surface area contributed by atoms with Gasteiger partial charge in [-0.15, -0.1) is 0 Å². The average Bonchev–Trinajstić information content (AvgIpc) is 2.43. The number of carbonyl (C=O) groups is 2. The number of nitrogens with one attached hydrogen (secondary N) is 1. The fraction of sp³-hybridized carbons (Fsp3) is 0.778. The molecule has 4 aliphatic carbocycles. The molecule has 0 aromatic rings. The van der Waals surface area contributed by atoms with Crippen molar-refractivity contribution in [2.24, 2.45) is 17.3 Å². The molecule has 4 aliphatic rings. The first-order valence-electron chi connectivity index (χ1n) is 8.65. The van der Waals surface area contributed by atoms with Crippen molar-refractivity contribution in [1.82, 2.24) is 5.32 Å². The average molecular weight is 321 g/mol. The molecule has 2 atom stereocenters. The fourth-order valence-electron chi connectivity index (χ4n) is 5.23. The number of rotatable bonds is 6. The third kappa shape index (κ3) is 3.30. The Morgan fingerprint density at radius 1 is 1.26 bits per heavy atom. The van der Waals surface area contributed by atoms with Crippen molar-refractivity contribution in [1.29, 1.82) is 0 Å². The van der Waals surface area contributed by atoms with Gasteiger partial charge in [0.25, 0.3) is 0 Å². The smallest absolute Gasteiger partial charge is 0.333 e. The molecule has 0 aromatic heterocycles. The fourth-order valence-corrected chi connectivity index (χ4v) is 5.23. The van der Waals surface area contributed by atoms with Crippen LogP contribution in [0.1, 0.15) is 51.9 Å². The maximum absolute atomic E-state index is 12.7. The van der Waals surface area contributed by atoms with Crippen molar-refractivity contribution in [3.63, 3.8) is 0 Å². The summed E-state index contributed by atoms with van der Waals surface area (Å²) in [6.07, 6.45) is 5.96. The van der Waals surface area contributed by atoms with Gasteiger partial charge in [-0.3, -0.25) is 4.79 Å². The Hall–Kier alpha value is -1.36. The van der Waals surface area contributed by atoms with Crippen LogP contribution in [0.25, 0.3) is 0 Å². The van der Waals surface area contributed by atoms with E-state index >= 15 is 0 Å². The second kappa shape index (κ2) is 5.93. The van der Waals surface area contributed by atoms with Crippen LogP contribution in [0.2, 0.25) is 0 Å². The van der Waals surface area contributed by atoms with E-state index in [0.29, 0.717) is 36.8 Å². The zero-order valence-corrected chi connectivity index (χ0v) is 13.9. The molecule has 0 radical (unpaired) electrons. The Morgan fingerprint density at radius 3 is 2.48 bits per heavy atom. The molecule has 2 N–H and O–H groups in total. The lowest BCUT2D eigenvalue weighted by molar-refractivity contribution is -0.178. The van der Waals surface area contributed by atoms with Gasteiger partial charge in [0, 0.05) is 12.1 Å². The summed E-state index contributed by atoms with van der Waals surface area (Å²) in [5.41, 5.74) is -0.595. The molecule has 128 valence electrons. The molecular formula is C18H27NO4. The van der Waals surface area contributed by atoms with Crippen LogP contribution in [0.4, 0.5) is 0 Å². The lowest BCUT2D eigenvalue weighted by Crippen LogP contribution is -2.60. The van der Waals surface area contributed by atoms with E-state index < -0.39 is 5.60 Å². The SMILES string of the molecule is C=C(C)C(=O)OCCCNC(=O)C12CC3CC(CC(O)(C3)C1)C2. The number of carbonyl (C=O) groups excluding carboxylic acids is 2. The highest BCUT2D eigenvalue weighted by atomic mass is 16.5. The Morgan fingerprint density at radius 2 is 1.91 bits per heavy atom. The molecule has 4 saturated carbocycles. The van der Waals surface area contributed by atoms with E-state index in [0.717, 1.165) is 25.7 Å². The molecule has 0 heterocycles. The van der Waals surface area contributed by atoms with Crippen molar-refractivity contribution in [3.05, 3.63) is 12.2 Å². The van der Waals surface area contributed by atoms with E-state index in [1.54, 1.807) is 6.92 Å². The van der Waals surface area contributed by atoms with Crippen LogP contribution in [0.15, 0.2) is 12.2 Å². The second-order valence-electron chi connectivity index (χ2n) is 7.99. The minimum atomic E-state index is -0.613. The van der Waals surface area contributed by atoms with Crippen molar-refractivity contribution < 1.29 is 19.4 Å². The molecule has 1 amide bonds. The maximum atomic E-state index is 12.7. The number of esters is 1. The van der Waals surface area contributed by atoms with Crippen LogP contribution < -0.4 is 5.32 Å². The van der Waals surface area contributed by atoms with Gasteiger partial charge < -0.3 is 15.2 Å². The first kappa shape index (κ1) is 16.5. The summed E-state index contributed by atoms with van der Waals surface area (Å²) in [6.45, 7) is 5.92. The molecule has 0 spiro atoms. The molecule has 2 unspecified atom stereocenters. The number of hydrogen-bond donors (Lipinski definition) is 2. The third-order valence-corrected chi connectivity index (χ3v) is 5.70. The van der Waals surface area contributed by atoms with E-state index in [4.69, 9.17) is 4.74 Å². The number of hydrogen-bond acceptors (Lipinski definition) is 4. The van der Waals surface area contributed by atoms with Gasteiger partial charge >= 0.3 is 5.97 Å². The molecule has 5 heteroatoms. The minimum absolute atomic E-state index is 0.0799. The zero-order chi connectivity index (χ0) is 16.7. The molecular weight excluding hydrogens is 294 g/mol. The van der Waals surface area contributed by atoms with E-state index in [1.165, 1.54) is 6.42 Å². The monoisotopic (exact) mass is 321 g/mol. The molecule has 0 aliphatic heterocycles. The highest BCUT2D eigenvalue weighted by molar-refractivity contribution is 5.87. The van der Waals surface area contributed by atoms with Crippen LogP contribution in [0.5, 0.6) is 0 Å². The van der Waals surface area contributed by atoms with Gasteiger partial charge in [0.05, 0.1) is 17.6 Å². The molecule has 4 fully saturated rings. The Kier molecular flexibility index (Phi) is 4.25. The summed E-state index contributed by atoms with van der Waals surface area (Å²) in [7, 11) is 0. The standard InChI is InChI=1S/C18H27NO4/c1-12(2)15(20)23-5-3-4-19-16(21)17-7-13-6-14(8-17)10-18(22,9-13)11-17/h13-14,22H,1,3-11H2,2H3,(H,19,21). The van der Waals surface area contributed by atoms with Crippen molar-refractivity contribution >= 4 is 11.9 Å². The van der Waals surface area contributed by atoms with E-state index in [2.05, 4.69) is 11.9 Å². The zero-order valence-electron chi connectivity index (χ0n) is 13.9. The van der Waals surface area contributed by atoms with Gasteiger partial charge in [0.1, 0.15) is 0 Å². The quantitative estimate of drug-likeness (QED) is 0.445. The molecule has 4 bridgehead atoms. The minimum Gasteiger partial charge on any atom is -0.462 e. The summed E-state index contributed by atoms with van der Waals surface area (Å²) in [6, 6.07) is 0. The highest BCUT2D eigenvalue weighted by Crippen LogP contribution is 2.61. The second-order valence-corrected chi connectivity index (χ2v) is 7.99. The summed E-state index contributed by atoms with van der Waals surface area (Å²) in [4.78, 5) is 24.0. The first-order valence-corrected chi connectivity index (χ1v) is 8.65. The largest absolute Gasteiger partial charge is 0.462 e. The highest BCUT2D eigenvalue weighted by Gasteiger charge is 2.59. The summed E-state index contributed by atoms with van der Waals surface area (Å²) in [5, 5.41) is 13.7. The van der Waals surface area contributed by atoms with Gasteiger partial charge in [-0.2, -0.15) is 0 Å². The van der Waals surface area contributed by atoms with Crippen LogP contribution in [-0.4, -0.2) is 35.7 Å². The Balaban J connectivity index is 1.47. The van der Waals surface area contributed by atoms with Crippen molar-refractivity contribution in [3.8, 4) is 0 Å². The lowest BCUT2D eigenvalue weighted by atomic mass is 9.47. The van der Waals surface area contributed by atoms with E-state index in [-0.39, 0.29) is 23.9 Å². The number of amides is 1. The number of ether oxygens (including phenoxy) is 1.